The first-order chi connectivity index (χ1) is 13.7. The van der Waals surface area contributed by atoms with Gasteiger partial charge in [0.1, 0.15) is 0 Å². The van der Waals surface area contributed by atoms with E-state index in [1.54, 1.807) is 12.4 Å². The fourth-order valence-corrected chi connectivity index (χ4v) is 3.58. The molecule has 28 heavy (non-hydrogen) atoms. The number of nitrogens with zero attached hydrogens (tertiary/aromatic N) is 4. The van der Waals surface area contributed by atoms with E-state index in [0.29, 0.717) is 11.5 Å². The molecular weight excluding hydrogens is 350 g/mol. The molecule has 1 aromatic heterocycles. The summed E-state index contributed by atoms with van der Waals surface area (Å²) in [7, 11) is 0. The van der Waals surface area contributed by atoms with Gasteiger partial charge >= 0.3 is 0 Å². The van der Waals surface area contributed by atoms with Gasteiger partial charge in [-0.25, -0.2) is 9.97 Å². The number of aromatic nitrogens is 2. The monoisotopic (exact) mass is 381 g/mol. The lowest BCUT2D eigenvalue weighted by Crippen LogP contribution is -2.32. The zero-order valence-corrected chi connectivity index (χ0v) is 17.0. The Morgan fingerprint density at radius 2 is 1.61 bits per heavy atom. The van der Waals surface area contributed by atoms with Crippen LogP contribution in [0.2, 0.25) is 0 Å². The standard InChI is InChI=1S/C22H31N5O/c1-3-12-27(13-4-2)21(28)18-16-23-22(24-17-18)25-19-8-10-20(11-9-19)26-14-6-5-7-15-26/h8-11,16-17H,3-7,12-15H2,1-2H3,(H,23,24,25). The van der Waals surface area contributed by atoms with Gasteiger partial charge in [0.2, 0.25) is 5.95 Å². The van der Waals surface area contributed by atoms with Gasteiger partial charge in [0.25, 0.3) is 5.91 Å². The lowest BCUT2D eigenvalue weighted by molar-refractivity contribution is 0.0754. The lowest BCUT2D eigenvalue weighted by Gasteiger charge is -2.28. The fourth-order valence-electron chi connectivity index (χ4n) is 3.58. The first kappa shape index (κ1) is 20.1. The maximum Gasteiger partial charge on any atom is 0.256 e. The summed E-state index contributed by atoms with van der Waals surface area (Å²) in [6, 6.07) is 8.38. The molecule has 1 aromatic carbocycles. The Balaban J connectivity index is 1.61. The van der Waals surface area contributed by atoms with Gasteiger partial charge < -0.3 is 15.1 Å². The average molecular weight is 382 g/mol. The van der Waals surface area contributed by atoms with E-state index in [-0.39, 0.29) is 5.91 Å². The molecule has 0 radical (unpaired) electrons. The molecule has 6 heteroatoms. The molecular formula is C22H31N5O. The van der Waals surface area contributed by atoms with Crippen molar-refractivity contribution >= 4 is 23.2 Å². The average Bonchev–Trinajstić information content (AvgIpc) is 2.75. The largest absolute Gasteiger partial charge is 0.372 e. The highest BCUT2D eigenvalue weighted by atomic mass is 16.2. The predicted molar refractivity (Wildman–Crippen MR) is 114 cm³/mol. The van der Waals surface area contributed by atoms with Gasteiger partial charge in [-0.1, -0.05) is 13.8 Å². The molecule has 0 saturated carbocycles. The number of piperidine rings is 1. The van der Waals surface area contributed by atoms with Crippen LogP contribution in [0.15, 0.2) is 36.7 Å². The Morgan fingerprint density at radius 3 is 2.18 bits per heavy atom. The molecule has 1 saturated heterocycles. The van der Waals surface area contributed by atoms with E-state index in [1.807, 2.05) is 4.90 Å². The van der Waals surface area contributed by atoms with Crippen molar-refractivity contribution in [1.29, 1.82) is 0 Å². The maximum atomic E-state index is 12.6. The highest BCUT2D eigenvalue weighted by molar-refractivity contribution is 5.93. The van der Waals surface area contributed by atoms with E-state index in [1.165, 1.54) is 24.9 Å². The summed E-state index contributed by atoms with van der Waals surface area (Å²) in [6.45, 7) is 7.95. The third-order valence-electron chi connectivity index (χ3n) is 5.02. The number of hydrogen-bond acceptors (Lipinski definition) is 5. The third kappa shape index (κ3) is 5.21. The van der Waals surface area contributed by atoms with Gasteiger partial charge in [0.15, 0.2) is 0 Å². The first-order valence-corrected chi connectivity index (χ1v) is 10.4. The highest BCUT2D eigenvalue weighted by Crippen LogP contribution is 2.22. The molecule has 6 nitrogen and oxygen atoms in total. The smallest absolute Gasteiger partial charge is 0.256 e. The van der Waals surface area contributed by atoms with E-state index in [4.69, 9.17) is 0 Å². The molecule has 0 bridgehead atoms. The van der Waals surface area contributed by atoms with Crippen LogP contribution in [-0.2, 0) is 0 Å². The van der Waals surface area contributed by atoms with Crippen LogP contribution in [0.3, 0.4) is 0 Å². The van der Waals surface area contributed by atoms with Gasteiger partial charge in [-0.3, -0.25) is 4.79 Å². The van der Waals surface area contributed by atoms with Gasteiger partial charge in [-0.15, -0.1) is 0 Å². The molecule has 1 fully saturated rings. The van der Waals surface area contributed by atoms with Crippen LogP contribution in [0.25, 0.3) is 0 Å². The number of amides is 1. The molecule has 0 atom stereocenters. The summed E-state index contributed by atoms with van der Waals surface area (Å²) < 4.78 is 0. The van der Waals surface area contributed by atoms with Crippen LogP contribution in [-0.4, -0.2) is 47.0 Å². The molecule has 1 N–H and O–H groups in total. The van der Waals surface area contributed by atoms with Crippen LogP contribution >= 0.6 is 0 Å². The minimum absolute atomic E-state index is 0.00105. The van der Waals surface area contributed by atoms with Crippen molar-refractivity contribution in [3.05, 3.63) is 42.2 Å². The van der Waals surface area contributed by atoms with Gasteiger partial charge in [-0.05, 0) is 56.4 Å². The van der Waals surface area contributed by atoms with E-state index >= 15 is 0 Å². The Hall–Kier alpha value is -2.63. The Labute approximate surface area is 168 Å². The highest BCUT2D eigenvalue weighted by Gasteiger charge is 2.15. The molecule has 2 aromatic rings. The molecule has 1 amide bonds. The Morgan fingerprint density at radius 1 is 1.00 bits per heavy atom. The number of benzene rings is 1. The molecule has 0 spiro atoms. The van der Waals surface area contributed by atoms with Gasteiger partial charge in [0.05, 0.1) is 5.56 Å². The fraction of sp³-hybridized carbons (Fsp3) is 0.500. The summed E-state index contributed by atoms with van der Waals surface area (Å²) in [4.78, 5) is 25.6. The number of carbonyl (C=O) groups is 1. The maximum absolute atomic E-state index is 12.6. The van der Waals surface area contributed by atoms with E-state index in [2.05, 4.69) is 58.3 Å². The van der Waals surface area contributed by atoms with Crippen LogP contribution in [0.4, 0.5) is 17.3 Å². The van der Waals surface area contributed by atoms with Crippen LogP contribution in [0, 0.1) is 0 Å². The first-order valence-electron chi connectivity index (χ1n) is 10.4. The number of carbonyl (C=O) groups excluding carboxylic acids is 1. The molecule has 3 rings (SSSR count). The predicted octanol–water partition coefficient (Wildman–Crippen LogP) is 4.47. The van der Waals surface area contributed by atoms with Crippen molar-refractivity contribution < 1.29 is 4.79 Å². The van der Waals surface area contributed by atoms with E-state index < -0.39 is 0 Å². The van der Waals surface area contributed by atoms with Crippen LogP contribution in [0.5, 0.6) is 0 Å². The SMILES string of the molecule is CCCN(CCC)C(=O)c1cnc(Nc2ccc(N3CCCCC3)cc2)nc1. The molecule has 1 aliphatic heterocycles. The quantitative estimate of drug-likeness (QED) is 0.731. The molecule has 0 unspecified atom stereocenters. The van der Waals surface area contributed by atoms with Crippen molar-refractivity contribution in [2.24, 2.45) is 0 Å². The summed E-state index contributed by atoms with van der Waals surface area (Å²) in [5, 5.41) is 3.21. The minimum Gasteiger partial charge on any atom is -0.372 e. The Bertz CT molecular complexity index is 733. The topological polar surface area (TPSA) is 61.4 Å². The second-order valence-electron chi connectivity index (χ2n) is 7.31. The zero-order chi connectivity index (χ0) is 19.8. The second-order valence-corrected chi connectivity index (χ2v) is 7.31. The molecule has 150 valence electrons. The summed E-state index contributed by atoms with van der Waals surface area (Å²) in [5.41, 5.74) is 2.74. The molecule has 0 aliphatic carbocycles. The van der Waals surface area contributed by atoms with Crippen molar-refractivity contribution in [2.75, 3.05) is 36.4 Å². The van der Waals surface area contributed by atoms with Gasteiger partial charge in [0, 0.05) is 49.9 Å². The minimum atomic E-state index is 0.00105. The lowest BCUT2D eigenvalue weighted by atomic mass is 10.1. The summed E-state index contributed by atoms with van der Waals surface area (Å²) in [5.74, 6) is 0.501. The number of rotatable bonds is 8. The molecule has 2 heterocycles. The van der Waals surface area contributed by atoms with Crippen molar-refractivity contribution in [3.8, 4) is 0 Å². The van der Waals surface area contributed by atoms with E-state index in [0.717, 1.165) is 44.7 Å². The van der Waals surface area contributed by atoms with Crippen LogP contribution in [0.1, 0.15) is 56.3 Å². The normalized spacial score (nSPS) is 14.0. The third-order valence-corrected chi connectivity index (χ3v) is 5.02. The van der Waals surface area contributed by atoms with Gasteiger partial charge in [-0.2, -0.15) is 0 Å². The van der Waals surface area contributed by atoms with E-state index in [9.17, 15) is 4.79 Å². The molecule has 1 aliphatic rings. The Kier molecular flexibility index (Phi) is 7.23. The summed E-state index contributed by atoms with van der Waals surface area (Å²) >= 11 is 0. The van der Waals surface area contributed by atoms with Crippen molar-refractivity contribution in [2.45, 2.75) is 46.0 Å². The number of nitrogens with one attached hydrogen (secondary N) is 1. The number of anilines is 3. The van der Waals surface area contributed by atoms with Crippen molar-refractivity contribution in [1.82, 2.24) is 14.9 Å². The van der Waals surface area contributed by atoms with Crippen molar-refractivity contribution in [3.63, 3.8) is 0 Å². The second kappa shape index (κ2) is 10.1. The summed E-state index contributed by atoms with van der Waals surface area (Å²) in [6.07, 6.45) is 8.98. The number of hydrogen-bond donors (Lipinski definition) is 1. The van der Waals surface area contributed by atoms with Crippen LogP contribution < -0.4 is 10.2 Å². The zero-order valence-electron chi connectivity index (χ0n) is 17.0.